The minimum absolute atomic E-state index is 0.00441. The number of aliphatic hydroxyl groups is 1. The third-order valence-corrected chi connectivity index (χ3v) is 4.80. The van der Waals surface area contributed by atoms with E-state index in [1.54, 1.807) is 6.08 Å². The highest BCUT2D eigenvalue weighted by molar-refractivity contribution is 5.94. The lowest BCUT2D eigenvalue weighted by Crippen LogP contribution is -2.41. The number of halogens is 2. The van der Waals surface area contributed by atoms with Crippen molar-refractivity contribution in [3.63, 3.8) is 0 Å². The summed E-state index contributed by atoms with van der Waals surface area (Å²) in [5.74, 6) is -1.20. The van der Waals surface area contributed by atoms with Gasteiger partial charge >= 0.3 is 0 Å². The number of ether oxygens (including phenoxy) is 1. The van der Waals surface area contributed by atoms with E-state index in [2.05, 4.69) is 11.9 Å². The number of benzene rings is 2. The summed E-state index contributed by atoms with van der Waals surface area (Å²) in [5, 5.41) is 13.0. The largest absolute Gasteiger partial charge is 0.391 e. The van der Waals surface area contributed by atoms with Gasteiger partial charge in [-0.2, -0.15) is 0 Å². The lowest BCUT2D eigenvalue weighted by Gasteiger charge is -2.23. The molecule has 2 aromatic carbocycles. The van der Waals surface area contributed by atoms with E-state index in [0.717, 1.165) is 11.1 Å². The average molecular weight is 418 g/mol. The Kier molecular flexibility index (Phi) is 9.11. The molecule has 3 atom stereocenters. The van der Waals surface area contributed by atoms with Crippen LogP contribution in [-0.4, -0.2) is 36.4 Å². The number of hydrogen-bond donors (Lipinski definition) is 3. The summed E-state index contributed by atoms with van der Waals surface area (Å²) in [6.45, 7) is 3.66. The van der Waals surface area contributed by atoms with E-state index in [-0.39, 0.29) is 12.2 Å². The zero-order valence-corrected chi connectivity index (χ0v) is 17.0. The first kappa shape index (κ1) is 23.7. The molecule has 0 radical (unpaired) electrons. The molecule has 2 aromatic rings. The minimum Gasteiger partial charge on any atom is -0.391 e. The molecule has 0 spiro atoms. The highest BCUT2D eigenvalue weighted by Gasteiger charge is 2.25. The van der Waals surface area contributed by atoms with Crippen LogP contribution >= 0.6 is 0 Å². The number of methoxy groups -OCH3 is 1. The van der Waals surface area contributed by atoms with Gasteiger partial charge in [0.05, 0.1) is 6.10 Å². The molecule has 0 bridgehead atoms. The van der Waals surface area contributed by atoms with Crippen LogP contribution in [0.25, 0.3) is 0 Å². The predicted molar refractivity (Wildman–Crippen MR) is 113 cm³/mol. The molecule has 162 valence electrons. The first-order valence-electron chi connectivity index (χ1n) is 9.74. The summed E-state index contributed by atoms with van der Waals surface area (Å²) in [7, 11) is 1.36. The Morgan fingerprint density at radius 1 is 1.20 bits per heavy atom. The number of carbonyl (C=O) groups excluding carboxylic acids is 1. The first-order chi connectivity index (χ1) is 14.3. The Bertz CT molecular complexity index is 843. The first-order valence-corrected chi connectivity index (χ1v) is 9.74. The highest BCUT2D eigenvalue weighted by atomic mass is 19.1. The van der Waals surface area contributed by atoms with Crippen LogP contribution in [0, 0.1) is 11.6 Å². The standard InChI is InChI=1S/C23H28F2N2O3/c1-3-4-15-11-16(13-18(25)12-15)5-10-20(26)21(28)14-22(30-2)23(29)27-19-8-6-17(24)7-9-19/h3,6-9,11-13,20-22,28H,1,4-5,10,14,26H2,2H3,(H,27,29)/t20-,21-,22+/m0/s1. The fourth-order valence-electron chi connectivity index (χ4n) is 3.13. The molecular formula is C23H28F2N2O3. The SMILES string of the molecule is C=CCc1cc(F)cc(CC[C@H](N)[C@@H](O)C[C@@H](OC)C(=O)Nc2ccc(F)cc2)c1. The Labute approximate surface area is 175 Å². The number of nitrogens with two attached hydrogens (primary N) is 1. The third-order valence-electron chi connectivity index (χ3n) is 4.80. The third kappa shape index (κ3) is 7.33. The van der Waals surface area contributed by atoms with Gasteiger partial charge in [0, 0.05) is 25.3 Å². The summed E-state index contributed by atoms with van der Waals surface area (Å²) < 4.78 is 31.9. The summed E-state index contributed by atoms with van der Waals surface area (Å²) in [5.41, 5.74) is 8.11. The van der Waals surface area contributed by atoms with Crippen LogP contribution < -0.4 is 11.1 Å². The fourth-order valence-corrected chi connectivity index (χ4v) is 3.13. The van der Waals surface area contributed by atoms with Crippen molar-refractivity contribution in [1.82, 2.24) is 0 Å². The summed E-state index contributed by atoms with van der Waals surface area (Å²) in [6.07, 6.45) is 1.25. The Morgan fingerprint density at radius 2 is 1.87 bits per heavy atom. The van der Waals surface area contributed by atoms with Crippen molar-refractivity contribution in [2.24, 2.45) is 5.73 Å². The normalized spacial score (nSPS) is 14.0. The number of anilines is 1. The molecule has 30 heavy (non-hydrogen) atoms. The Hall–Kier alpha value is -2.61. The number of aliphatic hydroxyl groups excluding tert-OH is 1. The molecule has 7 heteroatoms. The average Bonchev–Trinajstić information content (AvgIpc) is 2.71. The van der Waals surface area contributed by atoms with E-state index in [9.17, 15) is 18.7 Å². The molecule has 0 saturated carbocycles. The summed E-state index contributed by atoms with van der Waals surface area (Å²) in [6, 6.07) is 9.50. The molecule has 4 N–H and O–H groups in total. The number of rotatable bonds is 11. The second kappa shape index (κ2) is 11.5. The van der Waals surface area contributed by atoms with E-state index < -0.39 is 30.0 Å². The second-order valence-electron chi connectivity index (χ2n) is 7.19. The zero-order chi connectivity index (χ0) is 22.1. The van der Waals surface area contributed by atoms with Crippen molar-refractivity contribution in [3.8, 4) is 0 Å². The van der Waals surface area contributed by atoms with Crippen molar-refractivity contribution >= 4 is 11.6 Å². The van der Waals surface area contributed by atoms with Gasteiger partial charge in [-0.3, -0.25) is 4.79 Å². The van der Waals surface area contributed by atoms with E-state index in [0.29, 0.717) is 24.9 Å². The summed E-state index contributed by atoms with van der Waals surface area (Å²) in [4.78, 5) is 12.4. The maximum absolute atomic E-state index is 13.7. The van der Waals surface area contributed by atoms with Crippen molar-refractivity contribution in [1.29, 1.82) is 0 Å². The molecule has 2 rings (SSSR count). The monoisotopic (exact) mass is 418 g/mol. The molecule has 1 amide bonds. The van der Waals surface area contributed by atoms with Gasteiger partial charge in [-0.1, -0.05) is 12.1 Å². The summed E-state index contributed by atoms with van der Waals surface area (Å²) >= 11 is 0. The molecule has 0 heterocycles. The van der Waals surface area contributed by atoms with E-state index >= 15 is 0 Å². The van der Waals surface area contributed by atoms with Crippen molar-refractivity contribution in [2.45, 2.75) is 43.9 Å². The van der Waals surface area contributed by atoms with Crippen LogP contribution in [0.1, 0.15) is 24.0 Å². The number of aryl methyl sites for hydroxylation is 1. The van der Waals surface area contributed by atoms with Gasteiger partial charge in [-0.15, -0.1) is 6.58 Å². The van der Waals surface area contributed by atoms with Gasteiger partial charge in [-0.05, 0) is 66.8 Å². The molecule has 0 aliphatic carbocycles. The van der Waals surface area contributed by atoms with Crippen molar-refractivity contribution < 1.29 is 23.4 Å². The van der Waals surface area contributed by atoms with Crippen LogP contribution in [0.5, 0.6) is 0 Å². The van der Waals surface area contributed by atoms with Crippen LogP contribution in [0.3, 0.4) is 0 Å². The van der Waals surface area contributed by atoms with Crippen molar-refractivity contribution in [2.75, 3.05) is 12.4 Å². The maximum Gasteiger partial charge on any atom is 0.253 e. The van der Waals surface area contributed by atoms with E-state index in [1.807, 2.05) is 6.07 Å². The number of nitrogens with one attached hydrogen (secondary N) is 1. The van der Waals surface area contributed by atoms with Crippen molar-refractivity contribution in [3.05, 3.63) is 77.9 Å². The molecule has 5 nitrogen and oxygen atoms in total. The van der Waals surface area contributed by atoms with Gasteiger partial charge in [-0.25, -0.2) is 8.78 Å². The van der Waals surface area contributed by atoms with Gasteiger partial charge < -0.3 is 20.9 Å². The smallest absolute Gasteiger partial charge is 0.253 e. The van der Waals surface area contributed by atoms with Crippen LogP contribution in [0.15, 0.2) is 55.1 Å². The molecular weight excluding hydrogens is 390 g/mol. The van der Waals surface area contributed by atoms with Gasteiger partial charge in [0.2, 0.25) is 0 Å². The van der Waals surface area contributed by atoms with Gasteiger partial charge in [0.25, 0.3) is 5.91 Å². The minimum atomic E-state index is -0.991. The lowest BCUT2D eigenvalue weighted by molar-refractivity contribution is -0.127. The number of allylic oxidation sites excluding steroid dienone is 1. The van der Waals surface area contributed by atoms with E-state index in [4.69, 9.17) is 10.5 Å². The zero-order valence-electron chi connectivity index (χ0n) is 17.0. The number of carbonyl (C=O) groups is 1. The molecule has 0 unspecified atom stereocenters. The Balaban J connectivity index is 1.89. The molecule has 0 aromatic heterocycles. The second-order valence-corrected chi connectivity index (χ2v) is 7.19. The van der Waals surface area contributed by atoms with Gasteiger partial charge in [0.15, 0.2) is 0 Å². The maximum atomic E-state index is 13.7. The van der Waals surface area contributed by atoms with Gasteiger partial charge in [0.1, 0.15) is 17.7 Å². The van der Waals surface area contributed by atoms with Crippen LogP contribution in [0.4, 0.5) is 14.5 Å². The molecule has 0 saturated heterocycles. The highest BCUT2D eigenvalue weighted by Crippen LogP contribution is 2.16. The number of amides is 1. The van der Waals surface area contributed by atoms with Crippen LogP contribution in [-0.2, 0) is 22.4 Å². The topological polar surface area (TPSA) is 84.6 Å². The number of hydrogen-bond acceptors (Lipinski definition) is 4. The Morgan fingerprint density at radius 3 is 2.50 bits per heavy atom. The van der Waals surface area contributed by atoms with Crippen LogP contribution in [0.2, 0.25) is 0 Å². The fraction of sp³-hybridized carbons (Fsp3) is 0.348. The quantitative estimate of drug-likeness (QED) is 0.489. The lowest BCUT2D eigenvalue weighted by atomic mass is 9.96. The van der Waals surface area contributed by atoms with E-state index in [1.165, 1.54) is 43.5 Å². The predicted octanol–water partition coefficient (Wildman–Crippen LogP) is 3.36. The molecule has 0 aliphatic rings. The molecule has 0 aliphatic heterocycles. The molecule has 0 fully saturated rings.